The number of nitrogens with zero attached hydrogens (tertiary/aromatic N) is 4. The third-order valence-corrected chi connectivity index (χ3v) is 8.42. The molecule has 0 aromatic carbocycles. The van der Waals surface area contributed by atoms with E-state index in [9.17, 15) is 0 Å². The van der Waals surface area contributed by atoms with Gasteiger partial charge < -0.3 is 0 Å². The van der Waals surface area contributed by atoms with Crippen LogP contribution in [0.2, 0.25) is 0 Å². The summed E-state index contributed by atoms with van der Waals surface area (Å²) in [7, 11) is 0. The van der Waals surface area contributed by atoms with E-state index >= 15 is 0 Å². The molecule has 1 unspecified atom stereocenters. The van der Waals surface area contributed by atoms with Gasteiger partial charge in [0.05, 0.1) is 10.0 Å². The fourth-order valence-electron chi connectivity index (χ4n) is 4.75. The maximum atomic E-state index is 5.13. The molecule has 0 amide bonds. The van der Waals surface area contributed by atoms with E-state index in [1.165, 1.54) is 58.5 Å². The van der Waals surface area contributed by atoms with Crippen molar-refractivity contribution in [3.05, 3.63) is 44.7 Å². The van der Waals surface area contributed by atoms with Crippen LogP contribution in [0.3, 0.4) is 0 Å². The van der Waals surface area contributed by atoms with Gasteiger partial charge in [0.25, 0.3) is 0 Å². The molecule has 0 saturated heterocycles. The molecule has 6 rings (SSSR count). The predicted octanol–water partition coefficient (Wildman–Crippen LogP) is 6.67. The van der Waals surface area contributed by atoms with Gasteiger partial charge in [0.2, 0.25) is 0 Å². The second kappa shape index (κ2) is 7.06. The van der Waals surface area contributed by atoms with Crippen molar-refractivity contribution in [3.8, 4) is 0 Å². The summed E-state index contributed by atoms with van der Waals surface area (Å²) in [5, 5.41) is 2.32. The fraction of sp³-hybridized carbons (Fsp3) is 0.500. The largest absolute Gasteiger partial charge is 0.243 e. The molecule has 2 aliphatic rings. The van der Waals surface area contributed by atoms with Gasteiger partial charge in [-0.1, -0.05) is 36.5 Å². The quantitative estimate of drug-likeness (QED) is 0.340. The third kappa shape index (κ3) is 3.16. The number of hydrogen-bond donors (Lipinski definition) is 0. The summed E-state index contributed by atoms with van der Waals surface area (Å²) >= 11 is 3.49. The Labute approximate surface area is 184 Å². The van der Waals surface area contributed by atoms with E-state index < -0.39 is 0 Å². The molecule has 1 atom stereocenters. The number of aromatic nitrogens is 4. The Morgan fingerprint density at radius 2 is 1.60 bits per heavy atom. The van der Waals surface area contributed by atoms with Crippen molar-refractivity contribution in [1.82, 2.24) is 19.9 Å². The van der Waals surface area contributed by atoms with E-state index in [0.29, 0.717) is 17.8 Å². The van der Waals surface area contributed by atoms with Crippen LogP contribution in [-0.2, 0) is 12.8 Å². The molecule has 2 aliphatic carbocycles. The maximum Gasteiger partial charge on any atom is 0.143 e. The summed E-state index contributed by atoms with van der Waals surface area (Å²) in [6.07, 6.45) is 11.4. The lowest BCUT2D eigenvalue weighted by molar-refractivity contribution is 0.741. The predicted molar refractivity (Wildman–Crippen MR) is 125 cm³/mol. The van der Waals surface area contributed by atoms with Crippen molar-refractivity contribution in [3.63, 3.8) is 0 Å². The third-order valence-electron chi connectivity index (χ3n) is 6.56. The zero-order valence-corrected chi connectivity index (χ0v) is 19.4. The van der Waals surface area contributed by atoms with Crippen LogP contribution in [-0.4, -0.2) is 19.9 Å². The molecule has 0 bridgehead atoms. The second-order valence-electron chi connectivity index (χ2n) is 8.98. The van der Waals surface area contributed by atoms with Crippen molar-refractivity contribution in [2.45, 2.75) is 77.0 Å². The van der Waals surface area contributed by atoms with Gasteiger partial charge in [0, 0.05) is 18.8 Å². The summed E-state index contributed by atoms with van der Waals surface area (Å²) < 4.78 is 0. The van der Waals surface area contributed by atoms with Gasteiger partial charge in [-0.3, -0.25) is 0 Å². The Kier molecular flexibility index (Phi) is 4.43. The Hall–Kier alpha value is -1.92. The van der Waals surface area contributed by atoms with Crippen molar-refractivity contribution in [1.29, 1.82) is 0 Å². The summed E-state index contributed by atoms with van der Waals surface area (Å²) in [5.41, 5.74) is 8.04. The van der Waals surface area contributed by atoms with Crippen LogP contribution in [0.1, 0.15) is 89.6 Å². The Morgan fingerprint density at radius 1 is 0.933 bits per heavy atom. The van der Waals surface area contributed by atoms with Gasteiger partial charge >= 0.3 is 0 Å². The van der Waals surface area contributed by atoms with E-state index in [0.717, 1.165) is 33.0 Å². The molecule has 6 heteroatoms. The van der Waals surface area contributed by atoms with Crippen LogP contribution in [0, 0.1) is 6.92 Å². The average molecular weight is 435 g/mol. The highest BCUT2D eigenvalue weighted by molar-refractivity contribution is 7.18. The van der Waals surface area contributed by atoms with Crippen LogP contribution in [0.15, 0.2) is 12.4 Å². The van der Waals surface area contributed by atoms with Crippen LogP contribution >= 0.6 is 22.7 Å². The number of hydrogen-bond acceptors (Lipinski definition) is 6. The number of pyridine rings is 2. The van der Waals surface area contributed by atoms with Crippen LogP contribution in [0.5, 0.6) is 0 Å². The second-order valence-corrected chi connectivity index (χ2v) is 11.2. The lowest BCUT2D eigenvalue weighted by Crippen LogP contribution is -2.04. The molecule has 0 radical (unpaired) electrons. The van der Waals surface area contributed by atoms with Gasteiger partial charge in [-0.05, 0) is 79.0 Å². The van der Waals surface area contributed by atoms with E-state index in [1.54, 1.807) is 22.7 Å². The summed E-state index contributed by atoms with van der Waals surface area (Å²) in [4.78, 5) is 21.7. The minimum atomic E-state index is 0.384. The van der Waals surface area contributed by atoms with Crippen LogP contribution in [0.4, 0.5) is 0 Å². The van der Waals surface area contributed by atoms with Crippen molar-refractivity contribution in [2.24, 2.45) is 0 Å². The van der Waals surface area contributed by atoms with Gasteiger partial charge in [-0.25, -0.2) is 19.9 Å². The van der Waals surface area contributed by atoms with Crippen LogP contribution in [0.25, 0.3) is 20.7 Å². The number of fused-ring (bicyclic) bond motifs is 2. The molecule has 0 N–H and O–H groups in total. The molecule has 4 aromatic rings. The highest BCUT2D eigenvalue weighted by Crippen LogP contribution is 2.48. The molecular formula is C24H26N4S2. The summed E-state index contributed by atoms with van der Waals surface area (Å²) in [5.74, 6) is 1.76. The minimum absolute atomic E-state index is 0.384. The highest BCUT2D eigenvalue weighted by Gasteiger charge is 2.32. The Bertz CT molecular complexity index is 1260. The topological polar surface area (TPSA) is 51.6 Å². The SMILES string of the molecule is CCc1cnc2sc(CC(C)c3cnc4sc(C)nc4c3C3CC3)nc2c1C1CC1. The smallest absolute Gasteiger partial charge is 0.143 e. The minimum Gasteiger partial charge on any atom is -0.243 e. The average Bonchev–Trinajstić information content (AvgIpc) is 3.65. The van der Waals surface area contributed by atoms with Crippen molar-refractivity contribution in [2.75, 3.05) is 0 Å². The van der Waals surface area contributed by atoms with Gasteiger partial charge in [-0.15, -0.1) is 0 Å². The van der Waals surface area contributed by atoms with Gasteiger partial charge in [0.1, 0.15) is 20.7 Å². The normalized spacial score (nSPS) is 17.8. The standard InChI is InChI=1S/C24H26N4S2/c1-4-14-10-25-24-21(19(14)15-5-6-15)28-18(30-24)9-12(2)17-11-26-23-22(27-13(3)29-23)20(17)16-7-8-16/h10-12,15-16H,4-9H2,1-3H3. The first kappa shape index (κ1) is 18.8. The van der Waals surface area contributed by atoms with Gasteiger partial charge in [0.15, 0.2) is 0 Å². The zero-order chi connectivity index (χ0) is 20.4. The summed E-state index contributed by atoms with van der Waals surface area (Å²) in [6.45, 7) is 6.64. The molecular weight excluding hydrogens is 408 g/mol. The van der Waals surface area contributed by atoms with E-state index in [4.69, 9.17) is 19.9 Å². The van der Waals surface area contributed by atoms with Gasteiger partial charge in [-0.2, -0.15) is 0 Å². The highest BCUT2D eigenvalue weighted by atomic mass is 32.1. The number of rotatable bonds is 6. The van der Waals surface area contributed by atoms with Crippen molar-refractivity contribution >= 4 is 43.4 Å². The molecule has 4 aromatic heterocycles. The molecule has 154 valence electrons. The van der Waals surface area contributed by atoms with E-state index in [-0.39, 0.29) is 0 Å². The first-order valence-corrected chi connectivity index (χ1v) is 12.8. The molecule has 0 spiro atoms. The van der Waals surface area contributed by atoms with E-state index in [1.807, 2.05) is 0 Å². The molecule has 30 heavy (non-hydrogen) atoms. The molecule has 4 heterocycles. The van der Waals surface area contributed by atoms with Crippen LogP contribution < -0.4 is 0 Å². The molecule has 2 fully saturated rings. The Balaban J connectivity index is 1.38. The number of thiazole rings is 2. The van der Waals surface area contributed by atoms with E-state index in [2.05, 4.69) is 33.2 Å². The fourth-order valence-corrected chi connectivity index (χ4v) is 6.58. The lowest BCUT2D eigenvalue weighted by atomic mass is 9.92. The first-order valence-electron chi connectivity index (χ1n) is 11.2. The maximum absolute atomic E-state index is 5.13. The van der Waals surface area contributed by atoms with Crippen molar-refractivity contribution < 1.29 is 0 Å². The number of aryl methyl sites for hydroxylation is 2. The molecule has 4 nitrogen and oxygen atoms in total. The monoisotopic (exact) mass is 434 g/mol. The lowest BCUT2D eigenvalue weighted by Gasteiger charge is -2.15. The zero-order valence-electron chi connectivity index (χ0n) is 17.7. The molecule has 0 aliphatic heterocycles. The Morgan fingerprint density at radius 3 is 2.33 bits per heavy atom. The first-order chi connectivity index (χ1) is 14.6. The summed E-state index contributed by atoms with van der Waals surface area (Å²) in [6, 6.07) is 0. The molecule has 2 saturated carbocycles.